The van der Waals surface area contributed by atoms with Gasteiger partial charge in [0.2, 0.25) is 0 Å². The molecule has 6 heteroatoms. The molecule has 0 spiro atoms. The molecule has 0 bridgehead atoms. The van der Waals surface area contributed by atoms with Crippen molar-refractivity contribution >= 4 is 17.1 Å². The Kier molecular flexibility index (Phi) is 5.31. The summed E-state index contributed by atoms with van der Waals surface area (Å²) in [6.45, 7) is 9.15. The normalized spacial score (nSPS) is 22.8. The molecule has 0 unspecified atom stereocenters. The topological polar surface area (TPSA) is 52.9 Å². The van der Waals surface area contributed by atoms with Crippen molar-refractivity contribution in [1.29, 1.82) is 0 Å². The number of allylic oxidation sites excluding steroid dienone is 6. The van der Waals surface area contributed by atoms with Crippen molar-refractivity contribution in [2.45, 2.75) is 33.2 Å². The molecule has 32 heavy (non-hydrogen) atoms. The molecule has 1 fully saturated rings. The highest BCUT2D eigenvalue weighted by Gasteiger charge is 2.23. The molecule has 0 radical (unpaired) electrons. The van der Waals surface area contributed by atoms with E-state index in [9.17, 15) is 4.79 Å². The Morgan fingerprint density at radius 1 is 1.19 bits per heavy atom. The first kappa shape index (κ1) is 20.5. The zero-order chi connectivity index (χ0) is 22.2. The molecule has 6 nitrogen and oxygen atoms in total. The zero-order valence-corrected chi connectivity index (χ0v) is 18.9. The minimum absolute atomic E-state index is 0.0411. The quantitative estimate of drug-likeness (QED) is 0.814. The Morgan fingerprint density at radius 3 is 2.84 bits per heavy atom. The molecule has 5 rings (SSSR count). The largest absolute Gasteiger partial charge is 0.368 e. The Labute approximate surface area is 188 Å². The summed E-state index contributed by atoms with van der Waals surface area (Å²) in [6.07, 6.45) is 18.8. The van der Waals surface area contributed by atoms with Gasteiger partial charge in [-0.25, -0.2) is 4.98 Å². The maximum absolute atomic E-state index is 13.3. The van der Waals surface area contributed by atoms with E-state index in [1.165, 1.54) is 5.56 Å². The second-order valence-electron chi connectivity index (χ2n) is 8.67. The summed E-state index contributed by atoms with van der Waals surface area (Å²) in [6, 6.07) is 2.58. The van der Waals surface area contributed by atoms with Crippen molar-refractivity contribution in [2.75, 3.05) is 19.6 Å². The molecule has 2 aromatic rings. The van der Waals surface area contributed by atoms with Crippen LogP contribution < -0.4 is 5.32 Å². The van der Waals surface area contributed by atoms with Gasteiger partial charge in [-0.1, -0.05) is 19.1 Å². The third kappa shape index (κ3) is 3.82. The van der Waals surface area contributed by atoms with Gasteiger partial charge in [0.1, 0.15) is 5.65 Å². The van der Waals surface area contributed by atoms with Crippen LogP contribution in [0, 0.1) is 6.92 Å². The van der Waals surface area contributed by atoms with Crippen LogP contribution in [0.3, 0.4) is 0 Å². The molecule has 2 aromatic heterocycles. The van der Waals surface area contributed by atoms with Crippen LogP contribution in [0.2, 0.25) is 0 Å². The number of amides is 1. The van der Waals surface area contributed by atoms with Crippen LogP contribution in [0.1, 0.15) is 30.7 Å². The highest BCUT2D eigenvalue weighted by molar-refractivity contribution is 6.00. The number of nitrogens with zero attached hydrogens (tertiary/aromatic N) is 4. The fourth-order valence-electron chi connectivity index (χ4n) is 4.57. The van der Waals surface area contributed by atoms with E-state index in [4.69, 9.17) is 0 Å². The Hall–Kier alpha value is -3.38. The number of imidazole rings is 1. The number of rotatable bonds is 3. The molecular formula is C26H29N5O. The smallest absolute Gasteiger partial charge is 0.255 e. The first-order chi connectivity index (χ1) is 15.5. The first-order valence-corrected chi connectivity index (χ1v) is 11.3. The molecule has 1 saturated heterocycles. The zero-order valence-electron chi connectivity index (χ0n) is 18.9. The summed E-state index contributed by atoms with van der Waals surface area (Å²) >= 11 is 0. The van der Waals surface area contributed by atoms with Gasteiger partial charge in [-0.3, -0.25) is 9.69 Å². The van der Waals surface area contributed by atoms with Crippen molar-refractivity contribution in [3.63, 3.8) is 0 Å². The van der Waals surface area contributed by atoms with E-state index in [1.807, 2.05) is 43.6 Å². The summed E-state index contributed by atoms with van der Waals surface area (Å²) in [5.41, 5.74) is 7.01. The fraction of sp³-hybridized carbons (Fsp3) is 0.308. The Bertz CT molecular complexity index is 1230. The summed E-state index contributed by atoms with van der Waals surface area (Å²) < 4.78 is 2.07. The highest BCUT2D eigenvalue weighted by Crippen LogP contribution is 2.27. The predicted molar refractivity (Wildman–Crippen MR) is 128 cm³/mol. The number of hydrogen-bond acceptors (Lipinski definition) is 4. The SMILES string of the molecule is CCc1cc(C2=CC(=O)N3C=C(N4CCN[C@H](C)C4)C=C/C3=C\C=C2)cn2cc(C)nc12. The first-order valence-electron chi connectivity index (χ1n) is 11.3. The van der Waals surface area contributed by atoms with Crippen LogP contribution >= 0.6 is 0 Å². The lowest BCUT2D eigenvalue weighted by molar-refractivity contribution is -0.122. The lowest BCUT2D eigenvalue weighted by atomic mass is 10.0. The Morgan fingerprint density at radius 2 is 2.03 bits per heavy atom. The van der Waals surface area contributed by atoms with Crippen LogP contribution in [0.5, 0.6) is 0 Å². The molecule has 3 aliphatic heterocycles. The second kappa shape index (κ2) is 8.28. The third-order valence-electron chi connectivity index (χ3n) is 6.22. The average Bonchev–Trinajstić information content (AvgIpc) is 3.16. The minimum Gasteiger partial charge on any atom is -0.368 e. The molecule has 1 atom stereocenters. The van der Waals surface area contributed by atoms with Crippen LogP contribution in [0.4, 0.5) is 0 Å². The number of aromatic nitrogens is 2. The van der Waals surface area contributed by atoms with Gasteiger partial charge in [0.15, 0.2) is 0 Å². The van der Waals surface area contributed by atoms with Crippen molar-refractivity contribution in [1.82, 2.24) is 24.5 Å². The van der Waals surface area contributed by atoms with Gasteiger partial charge in [0.25, 0.3) is 5.91 Å². The number of pyridine rings is 1. The lowest BCUT2D eigenvalue weighted by Crippen LogP contribution is -2.48. The van der Waals surface area contributed by atoms with Gasteiger partial charge in [-0.05, 0) is 61.3 Å². The van der Waals surface area contributed by atoms with E-state index in [0.29, 0.717) is 6.04 Å². The Balaban J connectivity index is 1.50. The molecule has 5 heterocycles. The predicted octanol–water partition coefficient (Wildman–Crippen LogP) is 3.58. The lowest BCUT2D eigenvalue weighted by Gasteiger charge is -2.36. The van der Waals surface area contributed by atoms with Gasteiger partial charge in [-0.2, -0.15) is 0 Å². The monoisotopic (exact) mass is 427 g/mol. The number of piperazine rings is 1. The third-order valence-corrected chi connectivity index (χ3v) is 6.22. The number of carbonyl (C=O) groups excluding carboxylic acids is 1. The molecule has 0 aromatic carbocycles. The number of carbonyl (C=O) groups is 1. The second-order valence-corrected chi connectivity index (χ2v) is 8.67. The van der Waals surface area contributed by atoms with Gasteiger partial charge >= 0.3 is 0 Å². The van der Waals surface area contributed by atoms with Crippen molar-refractivity contribution < 1.29 is 4.79 Å². The van der Waals surface area contributed by atoms with Gasteiger partial charge in [0, 0.05) is 56.0 Å². The molecular weight excluding hydrogens is 398 g/mol. The summed E-state index contributed by atoms with van der Waals surface area (Å²) in [7, 11) is 0. The number of aryl methyl sites for hydroxylation is 2. The average molecular weight is 428 g/mol. The molecule has 1 amide bonds. The van der Waals surface area contributed by atoms with Gasteiger partial charge in [-0.15, -0.1) is 0 Å². The van der Waals surface area contributed by atoms with E-state index in [0.717, 1.165) is 59.9 Å². The number of fused-ring (bicyclic) bond motifs is 2. The number of nitrogens with one attached hydrogen (secondary N) is 1. The van der Waals surface area contributed by atoms with Crippen LogP contribution in [0.25, 0.3) is 11.2 Å². The standard InChI is InChI=1S/C26H29N5O/c1-4-20-12-22(16-30-15-19(3)28-26(20)30)21-6-5-7-23-8-9-24(17-31(23)25(32)13-21)29-11-10-27-18(2)14-29/h5-9,12-13,15-18,27H,4,10-11,14H2,1-3H3/b6-5?,21-13?,23-7+/t18-/m1/s1. The minimum atomic E-state index is -0.0411. The molecule has 3 aliphatic rings. The summed E-state index contributed by atoms with van der Waals surface area (Å²) in [4.78, 5) is 22.1. The van der Waals surface area contributed by atoms with Crippen LogP contribution in [0.15, 0.2) is 72.5 Å². The van der Waals surface area contributed by atoms with Crippen molar-refractivity contribution in [3.05, 3.63) is 89.3 Å². The number of hydrogen-bond donors (Lipinski definition) is 1. The van der Waals surface area contributed by atoms with E-state index in [1.54, 1.807) is 11.0 Å². The van der Waals surface area contributed by atoms with E-state index < -0.39 is 0 Å². The molecule has 1 N–H and O–H groups in total. The van der Waals surface area contributed by atoms with E-state index in [-0.39, 0.29) is 5.91 Å². The summed E-state index contributed by atoms with van der Waals surface area (Å²) in [5, 5.41) is 3.47. The summed E-state index contributed by atoms with van der Waals surface area (Å²) in [5.74, 6) is -0.0411. The maximum Gasteiger partial charge on any atom is 0.255 e. The molecule has 0 aliphatic carbocycles. The fourth-order valence-corrected chi connectivity index (χ4v) is 4.57. The van der Waals surface area contributed by atoms with E-state index in [2.05, 4.69) is 51.8 Å². The van der Waals surface area contributed by atoms with Gasteiger partial charge in [0.05, 0.1) is 11.4 Å². The van der Waals surface area contributed by atoms with Crippen LogP contribution in [-0.2, 0) is 11.2 Å². The van der Waals surface area contributed by atoms with Crippen molar-refractivity contribution in [3.8, 4) is 0 Å². The van der Waals surface area contributed by atoms with Crippen LogP contribution in [-0.4, -0.2) is 50.8 Å². The van der Waals surface area contributed by atoms with Crippen molar-refractivity contribution in [2.24, 2.45) is 0 Å². The maximum atomic E-state index is 13.3. The van der Waals surface area contributed by atoms with E-state index >= 15 is 0 Å². The highest BCUT2D eigenvalue weighted by atomic mass is 16.2. The molecule has 164 valence electrons. The van der Waals surface area contributed by atoms with Gasteiger partial charge < -0.3 is 14.6 Å². The molecule has 0 saturated carbocycles.